The smallest absolute Gasteiger partial charge is 0.331 e. The van der Waals surface area contributed by atoms with Crippen LogP contribution in [0.3, 0.4) is 0 Å². The highest BCUT2D eigenvalue weighted by Crippen LogP contribution is 2.02. The van der Waals surface area contributed by atoms with Crippen molar-refractivity contribution in [2.75, 3.05) is 7.11 Å². The maximum atomic E-state index is 10.7. The molecule has 0 heterocycles. The van der Waals surface area contributed by atoms with Gasteiger partial charge in [-0.1, -0.05) is 6.92 Å². The summed E-state index contributed by atoms with van der Waals surface area (Å²) in [5, 5.41) is -1.13. The van der Waals surface area contributed by atoms with Gasteiger partial charge in [-0.05, 0) is 0 Å². The molecule has 0 amide bonds. The number of Topliss-reactive ketones (excluding diaryl/α,β-unsaturated/α-hetero) is 1. The van der Waals surface area contributed by atoms with Gasteiger partial charge in [0.15, 0.2) is 11.2 Å². The van der Waals surface area contributed by atoms with Gasteiger partial charge >= 0.3 is 5.97 Å². The molecule has 1 atom stereocenters. The van der Waals surface area contributed by atoms with Crippen LogP contribution in [-0.4, -0.2) is 24.2 Å². The molecule has 0 unspecified atom stereocenters. The highest BCUT2D eigenvalue weighted by molar-refractivity contribution is 6.41. The van der Waals surface area contributed by atoms with Crippen molar-refractivity contribution in [1.29, 1.82) is 0 Å². The van der Waals surface area contributed by atoms with E-state index in [1.165, 1.54) is 7.11 Å². The first kappa shape index (κ1) is 9.43. The van der Waals surface area contributed by atoms with Gasteiger partial charge in [-0.15, -0.1) is 11.6 Å². The predicted octanol–water partition coefficient (Wildman–Crippen LogP) is 0.746. The van der Waals surface area contributed by atoms with E-state index in [1.807, 2.05) is 0 Å². The zero-order chi connectivity index (χ0) is 8.15. The predicted molar refractivity (Wildman–Crippen MR) is 37.0 cm³/mol. The van der Waals surface area contributed by atoms with Gasteiger partial charge in [0.05, 0.1) is 7.11 Å². The normalized spacial score (nSPS) is 12.3. The van der Waals surface area contributed by atoms with Crippen molar-refractivity contribution in [3.8, 4) is 0 Å². The highest BCUT2D eigenvalue weighted by atomic mass is 35.5. The van der Waals surface area contributed by atoms with Crippen LogP contribution in [0.4, 0.5) is 0 Å². The molecule has 58 valence electrons. The van der Waals surface area contributed by atoms with Crippen molar-refractivity contribution in [3.63, 3.8) is 0 Å². The first-order chi connectivity index (χ1) is 4.63. The number of ether oxygens (including phenoxy) is 1. The molecular weight excluding hydrogens is 156 g/mol. The van der Waals surface area contributed by atoms with Gasteiger partial charge in [-0.3, -0.25) is 4.79 Å². The molecule has 0 radical (unpaired) electrons. The number of carbonyl (C=O) groups is 2. The van der Waals surface area contributed by atoms with E-state index in [1.54, 1.807) is 6.92 Å². The number of hydrogen-bond donors (Lipinski definition) is 0. The topological polar surface area (TPSA) is 43.4 Å². The van der Waals surface area contributed by atoms with Crippen molar-refractivity contribution >= 4 is 23.4 Å². The SMILES string of the molecule is CCC(=O)[C@@H](Cl)C(=O)OC. The Morgan fingerprint density at radius 2 is 2.10 bits per heavy atom. The highest BCUT2D eigenvalue weighted by Gasteiger charge is 2.22. The second-order valence-electron chi connectivity index (χ2n) is 1.71. The molecule has 4 heteroatoms. The monoisotopic (exact) mass is 164 g/mol. The summed E-state index contributed by atoms with van der Waals surface area (Å²) in [7, 11) is 1.20. The minimum absolute atomic E-state index is 0.253. The lowest BCUT2D eigenvalue weighted by molar-refractivity contribution is -0.142. The number of halogens is 1. The molecule has 0 saturated heterocycles. The van der Waals surface area contributed by atoms with Crippen molar-refractivity contribution < 1.29 is 14.3 Å². The number of methoxy groups -OCH3 is 1. The number of rotatable bonds is 3. The van der Waals surface area contributed by atoms with Crippen LogP contribution in [-0.2, 0) is 14.3 Å². The molecule has 3 nitrogen and oxygen atoms in total. The van der Waals surface area contributed by atoms with Crippen molar-refractivity contribution in [3.05, 3.63) is 0 Å². The van der Waals surface area contributed by atoms with E-state index in [0.29, 0.717) is 0 Å². The summed E-state index contributed by atoms with van der Waals surface area (Å²) in [5.74, 6) is -0.998. The zero-order valence-corrected chi connectivity index (χ0v) is 6.64. The summed E-state index contributed by atoms with van der Waals surface area (Å²) >= 11 is 5.36. The van der Waals surface area contributed by atoms with Crippen LogP contribution in [0, 0.1) is 0 Å². The number of hydrogen-bond acceptors (Lipinski definition) is 3. The van der Waals surface area contributed by atoms with E-state index < -0.39 is 11.3 Å². The molecule has 0 rings (SSSR count). The molecule has 0 aromatic heterocycles. The van der Waals surface area contributed by atoms with Crippen molar-refractivity contribution in [2.45, 2.75) is 18.7 Å². The van der Waals surface area contributed by atoms with Crippen LogP contribution in [0.5, 0.6) is 0 Å². The van der Waals surface area contributed by atoms with E-state index >= 15 is 0 Å². The van der Waals surface area contributed by atoms with E-state index in [-0.39, 0.29) is 12.2 Å². The summed E-state index contributed by atoms with van der Waals surface area (Å²) in [4.78, 5) is 21.2. The molecule has 0 aliphatic heterocycles. The van der Waals surface area contributed by atoms with E-state index in [4.69, 9.17) is 11.6 Å². The molecule has 0 fully saturated rings. The Hall–Kier alpha value is -0.570. The number of esters is 1. The van der Waals surface area contributed by atoms with Crippen LogP contribution in [0.25, 0.3) is 0 Å². The van der Waals surface area contributed by atoms with Crippen LogP contribution < -0.4 is 0 Å². The molecule has 0 aromatic carbocycles. The van der Waals surface area contributed by atoms with Gasteiger partial charge in [-0.25, -0.2) is 4.79 Å². The summed E-state index contributed by atoms with van der Waals surface area (Å²) in [6.45, 7) is 1.64. The lowest BCUT2D eigenvalue weighted by Crippen LogP contribution is -2.24. The van der Waals surface area contributed by atoms with Gasteiger partial charge in [0.25, 0.3) is 0 Å². The van der Waals surface area contributed by atoms with Gasteiger partial charge in [0, 0.05) is 6.42 Å². The zero-order valence-electron chi connectivity index (χ0n) is 5.89. The third-order valence-corrected chi connectivity index (χ3v) is 1.46. The Morgan fingerprint density at radius 1 is 1.60 bits per heavy atom. The van der Waals surface area contributed by atoms with E-state index in [0.717, 1.165) is 0 Å². The van der Waals surface area contributed by atoms with Crippen molar-refractivity contribution in [1.82, 2.24) is 0 Å². The fourth-order valence-electron chi connectivity index (χ4n) is 0.414. The third-order valence-electron chi connectivity index (χ3n) is 1.04. The number of carbonyl (C=O) groups excluding carboxylic acids is 2. The summed E-state index contributed by atoms with van der Waals surface area (Å²) in [6, 6.07) is 0. The maximum absolute atomic E-state index is 10.7. The minimum atomic E-state index is -1.13. The molecule has 0 aliphatic rings. The third kappa shape index (κ3) is 2.35. The average molecular weight is 165 g/mol. The summed E-state index contributed by atoms with van der Waals surface area (Å²) in [6.07, 6.45) is 0.253. The Labute approximate surface area is 64.3 Å². The van der Waals surface area contributed by atoms with Crippen molar-refractivity contribution in [2.24, 2.45) is 0 Å². The molecule has 0 bridgehead atoms. The van der Waals surface area contributed by atoms with Gasteiger partial charge in [0.2, 0.25) is 0 Å². The van der Waals surface area contributed by atoms with Gasteiger partial charge < -0.3 is 4.74 Å². The Bertz CT molecular complexity index is 128. The second kappa shape index (κ2) is 4.28. The second-order valence-corrected chi connectivity index (χ2v) is 2.14. The Kier molecular flexibility index (Phi) is 4.03. The summed E-state index contributed by atoms with van der Waals surface area (Å²) < 4.78 is 4.24. The molecular formula is C6H9ClO3. The minimum Gasteiger partial charge on any atom is -0.468 e. The van der Waals surface area contributed by atoms with E-state index in [2.05, 4.69) is 4.74 Å². The fraction of sp³-hybridized carbons (Fsp3) is 0.667. The largest absolute Gasteiger partial charge is 0.468 e. The summed E-state index contributed by atoms with van der Waals surface area (Å²) in [5.41, 5.74) is 0. The molecule has 0 aromatic rings. The lowest BCUT2D eigenvalue weighted by atomic mass is 10.2. The van der Waals surface area contributed by atoms with Crippen LogP contribution >= 0.6 is 11.6 Å². The van der Waals surface area contributed by atoms with E-state index in [9.17, 15) is 9.59 Å². The average Bonchev–Trinajstić information content (AvgIpc) is 2.00. The quantitative estimate of drug-likeness (QED) is 0.351. The molecule has 0 N–H and O–H groups in total. The number of ketones is 1. The first-order valence-corrected chi connectivity index (χ1v) is 3.31. The van der Waals surface area contributed by atoms with Gasteiger partial charge in [-0.2, -0.15) is 0 Å². The molecule has 10 heavy (non-hydrogen) atoms. The first-order valence-electron chi connectivity index (χ1n) is 2.88. The molecule has 0 saturated carbocycles. The van der Waals surface area contributed by atoms with Crippen LogP contribution in [0.1, 0.15) is 13.3 Å². The van der Waals surface area contributed by atoms with Crippen LogP contribution in [0.2, 0.25) is 0 Å². The van der Waals surface area contributed by atoms with Crippen LogP contribution in [0.15, 0.2) is 0 Å². The standard InChI is InChI=1S/C6H9ClO3/c1-3-4(8)5(7)6(9)10-2/h5H,3H2,1-2H3/t5-/m1/s1. The number of alkyl halides is 1. The fourth-order valence-corrected chi connectivity index (χ4v) is 0.658. The maximum Gasteiger partial charge on any atom is 0.331 e. The Morgan fingerprint density at radius 3 is 2.40 bits per heavy atom. The van der Waals surface area contributed by atoms with Gasteiger partial charge in [0.1, 0.15) is 0 Å². The molecule has 0 spiro atoms. The Balaban J connectivity index is 3.94. The lowest BCUT2D eigenvalue weighted by Gasteiger charge is -2.02. The molecule has 0 aliphatic carbocycles.